The van der Waals surface area contributed by atoms with Crippen LogP contribution in [0.3, 0.4) is 0 Å². The van der Waals surface area contributed by atoms with E-state index in [1.165, 1.54) is 12.8 Å². The van der Waals surface area contributed by atoms with Gasteiger partial charge in [-0.15, -0.1) is 0 Å². The van der Waals surface area contributed by atoms with Crippen LogP contribution in [0, 0.1) is 0 Å². The maximum absolute atomic E-state index is 12.8. The summed E-state index contributed by atoms with van der Waals surface area (Å²) in [6.45, 7) is 5.31. The van der Waals surface area contributed by atoms with Gasteiger partial charge >= 0.3 is 0 Å². The Morgan fingerprint density at radius 3 is 2.28 bits per heavy atom. The SMILES string of the molecule is CC(CN1CCCC1)NC(=O)C1(c2nc3ccccc3o2)CC1.c1ccccc1. The number of para-hydroxylation sites is 2. The number of fused-ring (bicyclic) bond motifs is 1. The van der Waals surface area contributed by atoms with E-state index in [-0.39, 0.29) is 11.9 Å². The van der Waals surface area contributed by atoms with Crippen molar-refractivity contribution in [2.24, 2.45) is 0 Å². The van der Waals surface area contributed by atoms with Gasteiger partial charge < -0.3 is 14.6 Å². The van der Waals surface area contributed by atoms with Crippen LogP contribution in [0.5, 0.6) is 0 Å². The Bertz CT molecular complexity index is 868. The van der Waals surface area contributed by atoms with E-state index in [4.69, 9.17) is 4.42 Å². The van der Waals surface area contributed by atoms with Crippen LogP contribution < -0.4 is 5.32 Å². The van der Waals surface area contributed by atoms with E-state index in [1.807, 2.05) is 60.7 Å². The molecule has 1 atom stereocenters. The van der Waals surface area contributed by atoms with E-state index in [0.29, 0.717) is 5.89 Å². The number of benzene rings is 2. The number of carbonyl (C=O) groups excluding carboxylic acids is 1. The monoisotopic (exact) mass is 391 g/mol. The van der Waals surface area contributed by atoms with Crippen LogP contribution in [0.4, 0.5) is 0 Å². The van der Waals surface area contributed by atoms with E-state index in [9.17, 15) is 4.79 Å². The fourth-order valence-electron chi connectivity index (χ4n) is 3.88. The van der Waals surface area contributed by atoms with Crippen molar-refractivity contribution in [3.63, 3.8) is 0 Å². The molecule has 1 amide bonds. The number of likely N-dealkylation sites (tertiary alicyclic amines) is 1. The average molecular weight is 392 g/mol. The van der Waals surface area contributed by atoms with Gasteiger partial charge in [0.1, 0.15) is 10.9 Å². The molecule has 0 bridgehead atoms. The summed E-state index contributed by atoms with van der Waals surface area (Å²) in [5.74, 6) is 0.639. The summed E-state index contributed by atoms with van der Waals surface area (Å²) in [6.07, 6.45) is 4.19. The standard InChI is InChI=1S/C18H23N3O2.C6H6/c1-13(12-21-10-4-5-11-21)19-16(22)18(8-9-18)17-20-14-6-2-3-7-15(14)23-17;1-2-4-6-5-3-1/h2-3,6-7,13H,4-5,8-12H2,1H3,(H,19,22);1-6H. The third-order valence-corrected chi connectivity index (χ3v) is 5.66. The van der Waals surface area contributed by atoms with Crippen molar-refractivity contribution in [1.29, 1.82) is 0 Å². The van der Waals surface area contributed by atoms with E-state index in [2.05, 4.69) is 22.1 Å². The number of rotatable bonds is 5. The van der Waals surface area contributed by atoms with Gasteiger partial charge in [-0.2, -0.15) is 0 Å². The lowest BCUT2D eigenvalue weighted by molar-refractivity contribution is -0.124. The van der Waals surface area contributed by atoms with Crippen molar-refractivity contribution in [2.45, 2.75) is 44.1 Å². The zero-order valence-corrected chi connectivity index (χ0v) is 17.0. The molecular formula is C24H29N3O2. The Morgan fingerprint density at radius 2 is 1.69 bits per heavy atom. The van der Waals surface area contributed by atoms with Gasteiger partial charge in [0.15, 0.2) is 5.58 Å². The van der Waals surface area contributed by atoms with E-state index >= 15 is 0 Å². The van der Waals surface area contributed by atoms with Crippen LogP contribution >= 0.6 is 0 Å². The summed E-state index contributed by atoms with van der Waals surface area (Å²) in [4.78, 5) is 19.7. The van der Waals surface area contributed by atoms with Gasteiger partial charge in [-0.05, 0) is 57.8 Å². The topological polar surface area (TPSA) is 58.4 Å². The molecule has 1 saturated heterocycles. The Morgan fingerprint density at radius 1 is 1.07 bits per heavy atom. The number of nitrogens with zero attached hydrogens (tertiary/aromatic N) is 2. The van der Waals surface area contributed by atoms with E-state index in [1.54, 1.807) is 0 Å². The van der Waals surface area contributed by atoms with Crippen molar-refractivity contribution < 1.29 is 9.21 Å². The number of hydrogen-bond acceptors (Lipinski definition) is 4. The summed E-state index contributed by atoms with van der Waals surface area (Å²) < 4.78 is 5.85. The number of nitrogens with one attached hydrogen (secondary N) is 1. The number of carbonyl (C=O) groups is 1. The summed E-state index contributed by atoms with van der Waals surface area (Å²) in [6, 6.07) is 19.8. The smallest absolute Gasteiger partial charge is 0.235 e. The van der Waals surface area contributed by atoms with Crippen molar-refractivity contribution in [3.05, 3.63) is 66.6 Å². The van der Waals surface area contributed by atoms with Crippen molar-refractivity contribution in [3.8, 4) is 0 Å². The molecule has 5 nitrogen and oxygen atoms in total. The maximum Gasteiger partial charge on any atom is 0.235 e. The first-order valence-corrected chi connectivity index (χ1v) is 10.6. The molecule has 2 fully saturated rings. The fourth-order valence-corrected chi connectivity index (χ4v) is 3.88. The third-order valence-electron chi connectivity index (χ3n) is 5.66. The van der Waals surface area contributed by atoms with Gasteiger partial charge in [0, 0.05) is 12.6 Å². The van der Waals surface area contributed by atoms with Crippen LogP contribution in [0.2, 0.25) is 0 Å². The second kappa shape index (κ2) is 8.78. The molecule has 1 aromatic heterocycles. The summed E-state index contributed by atoms with van der Waals surface area (Å²) in [5.41, 5.74) is 1.04. The molecule has 5 rings (SSSR count). The molecule has 2 heterocycles. The van der Waals surface area contributed by atoms with Crippen molar-refractivity contribution >= 4 is 17.0 Å². The Kier molecular flexibility index (Phi) is 5.95. The molecule has 1 aliphatic heterocycles. The first kappa shape index (κ1) is 19.6. The third kappa shape index (κ3) is 4.67. The Labute approximate surface area is 172 Å². The summed E-state index contributed by atoms with van der Waals surface area (Å²) in [5, 5.41) is 3.17. The molecular weight excluding hydrogens is 362 g/mol. The summed E-state index contributed by atoms with van der Waals surface area (Å²) >= 11 is 0. The normalized spacial score (nSPS) is 18.7. The lowest BCUT2D eigenvalue weighted by Gasteiger charge is -2.22. The van der Waals surface area contributed by atoms with Crippen LogP contribution in [0.25, 0.3) is 11.1 Å². The van der Waals surface area contributed by atoms with Crippen molar-refractivity contribution in [2.75, 3.05) is 19.6 Å². The minimum atomic E-state index is -0.543. The van der Waals surface area contributed by atoms with Gasteiger partial charge in [-0.25, -0.2) is 4.98 Å². The molecule has 1 unspecified atom stereocenters. The van der Waals surface area contributed by atoms with Gasteiger partial charge in [0.2, 0.25) is 11.8 Å². The average Bonchev–Trinajstić information content (AvgIpc) is 3.18. The van der Waals surface area contributed by atoms with Gasteiger partial charge in [0.05, 0.1) is 0 Å². The van der Waals surface area contributed by atoms with E-state index in [0.717, 1.165) is 43.6 Å². The molecule has 0 radical (unpaired) electrons. The highest BCUT2D eigenvalue weighted by Gasteiger charge is 2.55. The molecule has 2 aromatic carbocycles. The zero-order chi connectivity index (χ0) is 20.1. The van der Waals surface area contributed by atoms with Crippen LogP contribution in [0.15, 0.2) is 65.1 Å². The largest absolute Gasteiger partial charge is 0.440 e. The molecule has 5 heteroatoms. The Hall–Kier alpha value is -2.66. The van der Waals surface area contributed by atoms with Crippen LogP contribution in [-0.2, 0) is 10.2 Å². The van der Waals surface area contributed by atoms with Gasteiger partial charge in [0.25, 0.3) is 0 Å². The quantitative estimate of drug-likeness (QED) is 0.710. The highest BCUT2D eigenvalue weighted by molar-refractivity contribution is 5.91. The van der Waals surface area contributed by atoms with Gasteiger partial charge in [-0.3, -0.25) is 4.79 Å². The predicted molar refractivity (Wildman–Crippen MR) is 115 cm³/mol. The number of aromatic nitrogens is 1. The number of hydrogen-bond donors (Lipinski definition) is 1. The minimum Gasteiger partial charge on any atom is -0.440 e. The van der Waals surface area contributed by atoms with Gasteiger partial charge in [-0.1, -0.05) is 48.5 Å². The van der Waals surface area contributed by atoms with Crippen molar-refractivity contribution in [1.82, 2.24) is 15.2 Å². The second-order valence-corrected chi connectivity index (χ2v) is 8.11. The fraction of sp³-hybridized carbons (Fsp3) is 0.417. The number of oxazole rings is 1. The minimum absolute atomic E-state index is 0.0655. The molecule has 29 heavy (non-hydrogen) atoms. The molecule has 1 aliphatic carbocycles. The lowest BCUT2D eigenvalue weighted by Crippen LogP contribution is -2.45. The van der Waals surface area contributed by atoms with E-state index < -0.39 is 5.41 Å². The highest BCUT2D eigenvalue weighted by atomic mass is 16.4. The molecule has 1 N–H and O–H groups in total. The first-order valence-electron chi connectivity index (χ1n) is 10.6. The van der Waals surface area contributed by atoms with Crippen LogP contribution in [-0.4, -0.2) is 41.5 Å². The number of amides is 1. The second-order valence-electron chi connectivity index (χ2n) is 8.11. The van der Waals surface area contributed by atoms with Crippen LogP contribution in [0.1, 0.15) is 38.5 Å². The highest BCUT2D eigenvalue weighted by Crippen LogP contribution is 2.48. The molecule has 1 saturated carbocycles. The molecule has 0 spiro atoms. The predicted octanol–water partition coefficient (Wildman–Crippen LogP) is 4.15. The maximum atomic E-state index is 12.8. The molecule has 3 aromatic rings. The Balaban J connectivity index is 0.000000294. The summed E-state index contributed by atoms with van der Waals surface area (Å²) in [7, 11) is 0. The first-order chi connectivity index (χ1) is 14.2. The lowest BCUT2D eigenvalue weighted by atomic mass is 10.1. The molecule has 152 valence electrons. The molecule has 2 aliphatic rings. The zero-order valence-electron chi connectivity index (χ0n) is 17.0.